The Kier molecular flexibility index (Phi) is 4.52. The molecule has 3 nitrogen and oxygen atoms in total. The van der Waals surface area contributed by atoms with Gasteiger partial charge in [-0.3, -0.25) is 9.59 Å². The van der Waals surface area contributed by atoms with Crippen LogP contribution in [-0.4, -0.2) is 18.2 Å². The van der Waals surface area contributed by atoms with Crippen molar-refractivity contribution < 1.29 is 9.59 Å². The number of rotatable bonds is 3. The summed E-state index contributed by atoms with van der Waals surface area (Å²) in [5.74, 6) is -0.918. The zero-order valence-corrected chi connectivity index (χ0v) is 16.0. The standard InChI is InChI=1S/C16H10Br3NO2/c17-10-3-1-9(2-4-10)5-6-20-14-12(15(21)16(20)22)7-11(18)8-13(14)19/h1-4,7-8H,5-6H2. The number of nitrogens with zero attached hydrogens (tertiary/aromatic N) is 1. The molecular weight excluding hydrogens is 478 g/mol. The molecule has 0 unspecified atom stereocenters. The van der Waals surface area contributed by atoms with E-state index in [9.17, 15) is 9.59 Å². The first-order valence-electron chi connectivity index (χ1n) is 6.57. The van der Waals surface area contributed by atoms with E-state index < -0.39 is 11.7 Å². The van der Waals surface area contributed by atoms with Gasteiger partial charge in [0.05, 0.1) is 11.3 Å². The second-order valence-electron chi connectivity index (χ2n) is 4.95. The molecule has 0 saturated carbocycles. The Hall–Kier alpha value is -0.980. The number of benzene rings is 2. The van der Waals surface area contributed by atoms with Crippen LogP contribution in [0.5, 0.6) is 0 Å². The molecule has 2 aromatic rings. The second kappa shape index (κ2) is 6.26. The highest BCUT2D eigenvalue weighted by Gasteiger charge is 2.37. The highest BCUT2D eigenvalue weighted by Crippen LogP contribution is 2.38. The van der Waals surface area contributed by atoms with Crippen LogP contribution in [0.3, 0.4) is 0 Å². The van der Waals surface area contributed by atoms with E-state index in [0.29, 0.717) is 24.2 Å². The largest absolute Gasteiger partial charge is 0.303 e. The fourth-order valence-electron chi connectivity index (χ4n) is 2.46. The minimum Gasteiger partial charge on any atom is -0.303 e. The summed E-state index contributed by atoms with van der Waals surface area (Å²) in [6.07, 6.45) is 0.689. The van der Waals surface area contributed by atoms with Gasteiger partial charge in [0.15, 0.2) is 0 Å². The van der Waals surface area contributed by atoms with Crippen molar-refractivity contribution in [1.29, 1.82) is 0 Å². The molecule has 1 amide bonds. The number of ketones is 1. The minimum absolute atomic E-state index is 0.446. The summed E-state index contributed by atoms with van der Waals surface area (Å²) >= 11 is 10.2. The molecule has 1 aliphatic rings. The number of Topliss-reactive ketones (excluding diaryl/α,β-unsaturated/α-hetero) is 1. The van der Waals surface area contributed by atoms with Crippen molar-refractivity contribution in [1.82, 2.24) is 0 Å². The van der Waals surface area contributed by atoms with Gasteiger partial charge >= 0.3 is 0 Å². The monoisotopic (exact) mass is 485 g/mol. The fraction of sp³-hybridized carbons (Fsp3) is 0.125. The average Bonchev–Trinajstić information content (AvgIpc) is 2.71. The lowest BCUT2D eigenvalue weighted by molar-refractivity contribution is -0.114. The Morgan fingerprint density at radius 1 is 0.909 bits per heavy atom. The van der Waals surface area contributed by atoms with Crippen LogP contribution in [0.2, 0.25) is 0 Å². The molecule has 0 bridgehead atoms. The van der Waals surface area contributed by atoms with Crippen molar-refractivity contribution in [3.63, 3.8) is 0 Å². The zero-order valence-electron chi connectivity index (χ0n) is 11.3. The highest BCUT2D eigenvalue weighted by atomic mass is 79.9. The third kappa shape index (κ3) is 2.92. The number of carbonyl (C=O) groups is 2. The Bertz CT molecular complexity index is 772. The number of anilines is 1. The van der Waals surface area contributed by atoms with Crippen molar-refractivity contribution in [2.45, 2.75) is 6.42 Å². The maximum absolute atomic E-state index is 12.2. The van der Waals surface area contributed by atoms with Crippen LogP contribution < -0.4 is 4.90 Å². The van der Waals surface area contributed by atoms with E-state index in [1.54, 1.807) is 11.0 Å². The molecule has 1 aliphatic heterocycles. The summed E-state index contributed by atoms with van der Waals surface area (Å²) in [6, 6.07) is 11.5. The molecule has 0 spiro atoms. The van der Waals surface area contributed by atoms with E-state index >= 15 is 0 Å². The lowest BCUT2D eigenvalue weighted by atomic mass is 10.1. The quantitative estimate of drug-likeness (QED) is 0.586. The summed E-state index contributed by atoms with van der Waals surface area (Å²) < 4.78 is 2.53. The molecule has 3 rings (SSSR count). The molecule has 112 valence electrons. The van der Waals surface area contributed by atoms with Crippen molar-refractivity contribution in [2.24, 2.45) is 0 Å². The smallest absolute Gasteiger partial charge is 0.299 e. The first-order valence-corrected chi connectivity index (χ1v) is 8.95. The van der Waals surface area contributed by atoms with Crippen LogP contribution >= 0.6 is 47.8 Å². The van der Waals surface area contributed by atoms with Crippen molar-refractivity contribution in [3.8, 4) is 0 Å². The van der Waals surface area contributed by atoms with Crippen LogP contribution in [0.1, 0.15) is 15.9 Å². The molecule has 1 heterocycles. The van der Waals surface area contributed by atoms with Crippen molar-refractivity contribution in [2.75, 3.05) is 11.4 Å². The number of hydrogen-bond acceptors (Lipinski definition) is 2. The van der Waals surface area contributed by atoms with Gasteiger partial charge in [-0.2, -0.15) is 0 Å². The topological polar surface area (TPSA) is 37.4 Å². The third-order valence-corrected chi connectivity index (χ3v) is 5.11. The van der Waals surface area contributed by atoms with Gasteiger partial charge in [-0.05, 0) is 52.2 Å². The van der Waals surface area contributed by atoms with E-state index in [2.05, 4.69) is 47.8 Å². The molecule has 0 radical (unpaired) electrons. The Balaban J connectivity index is 1.88. The van der Waals surface area contributed by atoms with Gasteiger partial charge in [-0.15, -0.1) is 0 Å². The first kappa shape index (κ1) is 15.9. The molecule has 0 fully saturated rings. The van der Waals surface area contributed by atoms with Gasteiger partial charge in [-0.25, -0.2) is 0 Å². The van der Waals surface area contributed by atoms with Gasteiger partial charge in [0, 0.05) is 20.0 Å². The van der Waals surface area contributed by atoms with Crippen molar-refractivity contribution >= 4 is 65.2 Å². The normalized spacial score (nSPS) is 13.7. The molecule has 0 N–H and O–H groups in total. The van der Waals surface area contributed by atoms with Crippen LogP contribution in [0.25, 0.3) is 0 Å². The van der Waals surface area contributed by atoms with E-state index in [4.69, 9.17) is 0 Å². The summed E-state index contributed by atoms with van der Waals surface area (Å²) in [5.41, 5.74) is 2.22. The summed E-state index contributed by atoms with van der Waals surface area (Å²) in [4.78, 5) is 25.9. The van der Waals surface area contributed by atoms with Crippen LogP contribution in [0.15, 0.2) is 49.8 Å². The van der Waals surface area contributed by atoms with Gasteiger partial charge in [0.2, 0.25) is 0 Å². The fourth-order valence-corrected chi connectivity index (χ4v) is 4.16. The van der Waals surface area contributed by atoms with Gasteiger partial charge in [0.1, 0.15) is 0 Å². The summed E-state index contributed by atoms with van der Waals surface area (Å²) in [6.45, 7) is 0.472. The van der Waals surface area contributed by atoms with Crippen LogP contribution in [0.4, 0.5) is 5.69 Å². The maximum Gasteiger partial charge on any atom is 0.299 e. The number of amides is 1. The Morgan fingerprint density at radius 2 is 1.59 bits per heavy atom. The molecule has 0 aromatic heterocycles. The molecule has 22 heavy (non-hydrogen) atoms. The first-order chi connectivity index (χ1) is 10.5. The highest BCUT2D eigenvalue weighted by molar-refractivity contribution is 9.11. The molecule has 0 saturated heterocycles. The SMILES string of the molecule is O=C1C(=O)N(CCc2ccc(Br)cc2)c2c(Br)cc(Br)cc21. The summed E-state index contributed by atoms with van der Waals surface area (Å²) in [5, 5.41) is 0. The predicted octanol–water partition coefficient (Wildman–Crippen LogP) is 4.75. The van der Waals surface area contributed by atoms with Gasteiger partial charge in [0.25, 0.3) is 11.7 Å². The van der Waals surface area contributed by atoms with E-state index in [0.717, 1.165) is 19.0 Å². The number of carbonyl (C=O) groups excluding carboxylic acids is 2. The molecular formula is C16H10Br3NO2. The van der Waals surface area contributed by atoms with Crippen LogP contribution in [0, 0.1) is 0 Å². The predicted molar refractivity (Wildman–Crippen MR) is 96.4 cm³/mol. The van der Waals surface area contributed by atoms with E-state index in [1.807, 2.05) is 30.3 Å². The van der Waals surface area contributed by atoms with Crippen LogP contribution in [-0.2, 0) is 11.2 Å². The number of halogens is 3. The van der Waals surface area contributed by atoms with E-state index in [1.165, 1.54) is 0 Å². The van der Waals surface area contributed by atoms with Gasteiger partial charge < -0.3 is 4.90 Å². The molecule has 6 heteroatoms. The van der Waals surface area contributed by atoms with Gasteiger partial charge in [-0.1, -0.05) is 44.0 Å². The Labute approximate surface area is 153 Å². The number of hydrogen-bond donors (Lipinski definition) is 0. The molecule has 2 aromatic carbocycles. The van der Waals surface area contributed by atoms with Crippen molar-refractivity contribution in [3.05, 3.63) is 60.9 Å². The minimum atomic E-state index is -0.467. The summed E-state index contributed by atoms with van der Waals surface area (Å²) in [7, 11) is 0. The maximum atomic E-state index is 12.2. The average molecular weight is 488 g/mol. The Morgan fingerprint density at radius 3 is 2.27 bits per heavy atom. The lowest BCUT2D eigenvalue weighted by Gasteiger charge is -2.18. The zero-order chi connectivity index (χ0) is 15.9. The third-order valence-electron chi connectivity index (χ3n) is 3.52. The lowest BCUT2D eigenvalue weighted by Crippen LogP contribution is -2.31. The second-order valence-corrected chi connectivity index (χ2v) is 7.63. The molecule has 0 atom stereocenters. The van der Waals surface area contributed by atoms with E-state index in [-0.39, 0.29) is 0 Å². The molecule has 0 aliphatic carbocycles. The number of fused-ring (bicyclic) bond motifs is 1.